The molecule has 6 heteroatoms. The zero-order chi connectivity index (χ0) is 15.7. The standard InChI is InChI=1S/C15H20N2O4/c1-3-21-14(19)10-16-15(20)13(17-11(2)18)9-12-7-5-4-6-8-12/h4-8,13H,3,9-10H2,1-2H3,(H,16,20)(H,17,18)/t13-/m0/s1. The molecule has 0 aromatic heterocycles. The van der Waals surface area contributed by atoms with Crippen LogP contribution >= 0.6 is 0 Å². The highest BCUT2D eigenvalue weighted by Crippen LogP contribution is 2.03. The van der Waals surface area contributed by atoms with Crippen LogP contribution < -0.4 is 10.6 Å². The van der Waals surface area contributed by atoms with Gasteiger partial charge in [0.1, 0.15) is 12.6 Å². The number of benzene rings is 1. The van der Waals surface area contributed by atoms with E-state index >= 15 is 0 Å². The molecule has 1 aromatic rings. The van der Waals surface area contributed by atoms with Crippen LogP contribution in [0.1, 0.15) is 19.4 Å². The van der Waals surface area contributed by atoms with Gasteiger partial charge < -0.3 is 15.4 Å². The molecule has 2 amide bonds. The quantitative estimate of drug-likeness (QED) is 0.713. The Morgan fingerprint density at radius 2 is 1.86 bits per heavy atom. The van der Waals surface area contributed by atoms with E-state index in [9.17, 15) is 14.4 Å². The second kappa shape index (κ2) is 8.73. The van der Waals surface area contributed by atoms with E-state index in [-0.39, 0.29) is 19.1 Å². The molecule has 0 aliphatic rings. The van der Waals surface area contributed by atoms with Crippen LogP contribution in [0.25, 0.3) is 0 Å². The lowest BCUT2D eigenvalue weighted by Gasteiger charge is -2.17. The summed E-state index contributed by atoms with van der Waals surface area (Å²) in [6, 6.07) is 8.60. The van der Waals surface area contributed by atoms with Crippen molar-refractivity contribution in [3.63, 3.8) is 0 Å². The maximum absolute atomic E-state index is 12.1. The van der Waals surface area contributed by atoms with Gasteiger partial charge in [-0.3, -0.25) is 14.4 Å². The van der Waals surface area contributed by atoms with Crippen molar-refractivity contribution < 1.29 is 19.1 Å². The van der Waals surface area contributed by atoms with Gasteiger partial charge in [-0.05, 0) is 12.5 Å². The molecule has 0 radical (unpaired) electrons. The number of hydrogen-bond donors (Lipinski definition) is 2. The van der Waals surface area contributed by atoms with E-state index in [2.05, 4.69) is 10.6 Å². The highest BCUT2D eigenvalue weighted by molar-refractivity contribution is 5.89. The number of ether oxygens (including phenoxy) is 1. The number of nitrogens with one attached hydrogen (secondary N) is 2. The average molecular weight is 292 g/mol. The molecular weight excluding hydrogens is 272 g/mol. The van der Waals surface area contributed by atoms with Crippen LogP contribution in [0.3, 0.4) is 0 Å². The van der Waals surface area contributed by atoms with Crippen molar-refractivity contribution in [3.8, 4) is 0 Å². The van der Waals surface area contributed by atoms with E-state index in [0.29, 0.717) is 6.42 Å². The van der Waals surface area contributed by atoms with Crippen molar-refractivity contribution in [2.75, 3.05) is 13.2 Å². The van der Waals surface area contributed by atoms with Crippen LogP contribution in [0.4, 0.5) is 0 Å². The minimum atomic E-state index is -0.723. The van der Waals surface area contributed by atoms with Gasteiger partial charge in [-0.25, -0.2) is 0 Å². The summed E-state index contributed by atoms with van der Waals surface area (Å²) in [5.74, 6) is -1.23. The third-order valence-electron chi connectivity index (χ3n) is 2.69. The lowest BCUT2D eigenvalue weighted by Crippen LogP contribution is -2.48. The molecule has 6 nitrogen and oxygen atoms in total. The first-order valence-electron chi connectivity index (χ1n) is 6.77. The topological polar surface area (TPSA) is 84.5 Å². The number of carbonyl (C=O) groups excluding carboxylic acids is 3. The number of rotatable bonds is 7. The fourth-order valence-corrected chi connectivity index (χ4v) is 1.80. The highest BCUT2D eigenvalue weighted by Gasteiger charge is 2.20. The normalized spacial score (nSPS) is 11.3. The Bertz CT molecular complexity index is 488. The van der Waals surface area contributed by atoms with Gasteiger partial charge in [0.2, 0.25) is 11.8 Å². The lowest BCUT2D eigenvalue weighted by molar-refractivity contribution is -0.143. The second-order valence-electron chi connectivity index (χ2n) is 4.47. The van der Waals surface area contributed by atoms with Crippen molar-refractivity contribution in [2.24, 2.45) is 0 Å². The van der Waals surface area contributed by atoms with Gasteiger partial charge in [0.05, 0.1) is 6.61 Å². The first kappa shape index (κ1) is 16.7. The van der Waals surface area contributed by atoms with Crippen LogP contribution in [0.15, 0.2) is 30.3 Å². The Labute approximate surface area is 123 Å². The second-order valence-corrected chi connectivity index (χ2v) is 4.47. The Morgan fingerprint density at radius 1 is 1.19 bits per heavy atom. The van der Waals surface area contributed by atoms with Gasteiger partial charge in [0.15, 0.2) is 0 Å². The van der Waals surface area contributed by atoms with Crippen LogP contribution in [-0.2, 0) is 25.5 Å². The molecule has 0 unspecified atom stereocenters. The maximum atomic E-state index is 12.1. The lowest BCUT2D eigenvalue weighted by atomic mass is 10.1. The zero-order valence-corrected chi connectivity index (χ0v) is 12.2. The Kier molecular flexibility index (Phi) is 6.94. The third kappa shape index (κ3) is 6.56. The molecule has 0 aliphatic carbocycles. The van der Waals surface area contributed by atoms with E-state index in [0.717, 1.165) is 5.56 Å². The summed E-state index contributed by atoms with van der Waals surface area (Å²) >= 11 is 0. The van der Waals surface area contributed by atoms with E-state index in [1.807, 2.05) is 30.3 Å². The molecule has 1 atom stereocenters. The van der Waals surface area contributed by atoms with Crippen molar-refractivity contribution in [3.05, 3.63) is 35.9 Å². The van der Waals surface area contributed by atoms with Gasteiger partial charge in [-0.15, -0.1) is 0 Å². The minimum absolute atomic E-state index is 0.211. The number of esters is 1. The minimum Gasteiger partial charge on any atom is -0.465 e. The first-order chi connectivity index (χ1) is 10.0. The monoisotopic (exact) mass is 292 g/mol. The summed E-state index contributed by atoms with van der Waals surface area (Å²) in [6.45, 7) is 3.08. The molecule has 0 saturated carbocycles. The van der Waals surface area contributed by atoms with E-state index in [1.54, 1.807) is 6.92 Å². The Hall–Kier alpha value is -2.37. The van der Waals surface area contributed by atoms with Crippen LogP contribution in [-0.4, -0.2) is 37.0 Å². The Morgan fingerprint density at radius 3 is 2.43 bits per heavy atom. The average Bonchev–Trinajstić information content (AvgIpc) is 2.45. The van der Waals surface area contributed by atoms with E-state index < -0.39 is 17.9 Å². The fraction of sp³-hybridized carbons (Fsp3) is 0.400. The van der Waals surface area contributed by atoms with Crippen LogP contribution in [0.2, 0.25) is 0 Å². The van der Waals surface area contributed by atoms with Crippen LogP contribution in [0.5, 0.6) is 0 Å². The molecule has 0 saturated heterocycles. The molecule has 0 heterocycles. The van der Waals surface area contributed by atoms with Crippen molar-refractivity contribution >= 4 is 17.8 Å². The predicted molar refractivity (Wildman–Crippen MR) is 77.4 cm³/mol. The summed E-state index contributed by atoms with van der Waals surface area (Å²) in [4.78, 5) is 34.5. The molecule has 2 N–H and O–H groups in total. The predicted octanol–water partition coefficient (Wildman–Crippen LogP) is 0.413. The molecule has 114 valence electrons. The molecular formula is C15H20N2O4. The van der Waals surface area contributed by atoms with Crippen molar-refractivity contribution in [1.82, 2.24) is 10.6 Å². The van der Waals surface area contributed by atoms with Gasteiger partial charge in [-0.1, -0.05) is 30.3 Å². The first-order valence-corrected chi connectivity index (χ1v) is 6.77. The fourth-order valence-electron chi connectivity index (χ4n) is 1.80. The molecule has 0 aliphatic heterocycles. The van der Waals surface area contributed by atoms with Crippen LogP contribution in [0, 0.1) is 0 Å². The molecule has 21 heavy (non-hydrogen) atoms. The number of carbonyl (C=O) groups is 3. The highest BCUT2D eigenvalue weighted by atomic mass is 16.5. The molecule has 0 spiro atoms. The van der Waals surface area contributed by atoms with Crippen molar-refractivity contribution in [1.29, 1.82) is 0 Å². The van der Waals surface area contributed by atoms with Gasteiger partial charge in [0, 0.05) is 13.3 Å². The number of amides is 2. The Balaban J connectivity index is 2.62. The summed E-state index contributed by atoms with van der Waals surface area (Å²) in [5, 5.41) is 5.05. The summed E-state index contributed by atoms with van der Waals surface area (Å²) in [5.41, 5.74) is 0.919. The van der Waals surface area contributed by atoms with Gasteiger partial charge in [0.25, 0.3) is 0 Å². The zero-order valence-electron chi connectivity index (χ0n) is 12.2. The molecule has 1 aromatic carbocycles. The molecule has 1 rings (SSSR count). The number of hydrogen-bond acceptors (Lipinski definition) is 4. The maximum Gasteiger partial charge on any atom is 0.325 e. The summed E-state index contributed by atoms with van der Waals surface area (Å²) in [7, 11) is 0. The largest absolute Gasteiger partial charge is 0.465 e. The summed E-state index contributed by atoms with van der Waals surface area (Å²) in [6.07, 6.45) is 0.356. The van der Waals surface area contributed by atoms with Gasteiger partial charge in [-0.2, -0.15) is 0 Å². The SMILES string of the molecule is CCOC(=O)CNC(=O)[C@H](Cc1ccccc1)NC(C)=O. The van der Waals surface area contributed by atoms with E-state index in [1.165, 1.54) is 6.92 Å². The molecule has 0 bridgehead atoms. The molecule has 0 fully saturated rings. The third-order valence-corrected chi connectivity index (χ3v) is 2.69. The van der Waals surface area contributed by atoms with Gasteiger partial charge >= 0.3 is 5.97 Å². The van der Waals surface area contributed by atoms with E-state index in [4.69, 9.17) is 4.74 Å². The van der Waals surface area contributed by atoms with Crippen molar-refractivity contribution in [2.45, 2.75) is 26.3 Å². The smallest absolute Gasteiger partial charge is 0.325 e. The summed E-state index contributed by atoms with van der Waals surface area (Å²) < 4.78 is 4.73.